The summed E-state index contributed by atoms with van der Waals surface area (Å²) in [6, 6.07) is 4.84. The van der Waals surface area contributed by atoms with E-state index in [0.717, 1.165) is 9.35 Å². The second-order valence-corrected chi connectivity index (χ2v) is 5.26. The molecule has 0 amide bonds. The standard InChI is InChI=1S/C10H9BrN4O2S/c11-6-3-4-18-8(6)5-13-9-2-1-7(15(16)17)10(12)14-9/h1-4H,5H2,(H3,12,13,14). The van der Waals surface area contributed by atoms with E-state index in [-0.39, 0.29) is 11.5 Å². The van der Waals surface area contributed by atoms with Crippen molar-refractivity contribution in [1.82, 2.24) is 4.98 Å². The Morgan fingerprint density at radius 1 is 1.50 bits per heavy atom. The van der Waals surface area contributed by atoms with Crippen LogP contribution in [0.15, 0.2) is 28.1 Å². The highest BCUT2D eigenvalue weighted by Gasteiger charge is 2.12. The molecule has 2 rings (SSSR count). The zero-order valence-corrected chi connectivity index (χ0v) is 11.5. The van der Waals surface area contributed by atoms with Crippen LogP contribution in [0.2, 0.25) is 0 Å². The van der Waals surface area contributed by atoms with Gasteiger partial charge in [-0.05, 0) is 33.4 Å². The maximum atomic E-state index is 10.6. The molecule has 0 fully saturated rings. The van der Waals surface area contributed by atoms with Gasteiger partial charge in [0.2, 0.25) is 5.82 Å². The van der Waals surface area contributed by atoms with E-state index < -0.39 is 4.92 Å². The summed E-state index contributed by atoms with van der Waals surface area (Å²) in [5.41, 5.74) is 5.32. The average Bonchev–Trinajstić information content (AvgIpc) is 2.72. The maximum absolute atomic E-state index is 10.6. The van der Waals surface area contributed by atoms with E-state index in [1.165, 1.54) is 12.1 Å². The van der Waals surface area contributed by atoms with Crippen LogP contribution in [-0.2, 0) is 6.54 Å². The van der Waals surface area contributed by atoms with E-state index >= 15 is 0 Å². The Balaban J connectivity index is 2.09. The van der Waals surface area contributed by atoms with Gasteiger partial charge in [0.1, 0.15) is 5.82 Å². The largest absolute Gasteiger partial charge is 0.378 e. The smallest absolute Gasteiger partial charge is 0.311 e. The van der Waals surface area contributed by atoms with Crippen molar-refractivity contribution in [3.05, 3.63) is 43.0 Å². The molecule has 0 aliphatic heterocycles. The lowest BCUT2D eigenvalue weighted by molar-refractivity contribution is -0.384. The minimum absolute atomic E-state index is 0.0877. The van der Waals surface area contributed by atoms with Crippen molar-refractivity contribution < 1.29 is 4.92 Å². The van der Waals surface area contributed by atoms with Crippen molar-refractivity contribution in [1.29, 1.82) is 0 Å². The number of nitrogens with zero attached hydrogens (tertiary/aromatic N) is 2. The summed E-state index contributed by atoms with van der Waals surface area (Å²) < 4.78 is 1.02. The third-order valence-electron chi connectivity index (χ3n) is 2.22. The first kappa shape index (κ1) is 12.8. The van der Waals surface area contributed by atoms with Gasteiger partial charge in [0.05, 0.1) is 11.5 Å². The average molecular weight is 329 g/mol. The lowest BCUT2D eigenvalue weighted by Gasteiger charge is -2.05. The van der Waals surface area contributed by atoms with Crippen LogP contribution in [0.25, 0.3) is 0 Å². The topological polar surface area (TPSA) is 94.1 Å². The predicted octanol–water partition coefficient (Wildman–Crippen LogP) is 3.01. The first-order valence-corrected chi connectivity index (χ1v) is 6.62. The molecule has 0 aliphatic rings. The molecule has 94 valence electrons. The van der Waals surface area contributed by atoms with Gasteiger partial charge >= 0.3 is 5.69 Å². The van der Waals surface area contributed by atoms with Crippen LogP contribution >= 0.6 is 27.3 Å². The molecule has 2 aromatic heterocycles. The fraction of sp³-hybridized carbons (Fsp3) is 0.100. The van der Waals surface area contributed by atoms with Gasteiger partial charge in [0.15, 0.2) is 0 Å². The SMILES string of the molecule is Nc1nc(NCc2sccc2Br)ccc1[N+](=O)[O-]. The van der Waals surface area contributed by atoms with Gasteiger partial charge in [-0.2, -0.15) is 0 Å². The van der Waals surface area contributed by atoms with Crippen LogP contribution in [-0.4, -0.2) is 9.91 Å². The Morgan fingerprint density at radius 2 is 2.28 bits per heavy atom. The van der Waals surface area contributed by atoms with Crippen molar-refractivity contribution in [2.45, 2.75) is 6.54 Å². The van der Waals surface area contributed by atoms with Crippen LogP contribution in [0, 0.1) is 10.1 Å². The van der Waals surface area contributed by atoms with Crippen LogP contribution < -0.4 is 11.1 Å². The fourth-order valence-corrected chi connectivity index (χ4v) is 2.77. The molecule has 18 heavy (non-hydrogen) atoms. The monoisotopic (exact) mass is 328 g/mol. The zero-order valence-electron chi connectivity index (χ0n) is 9.09. The van der Waals surface area contributed by atoms with Crippen molar-refractivity contribution in [2.75, 3.05) is 11.1 Å². The van der Waals surface area contributed by atoms with E-state index in [0.29, 0.717) is 12.4 Å². The molecule has 0 aliphatic carbocycles. The molecule has 0 radical (unpaired) electrons. The summed E-state index contributed by atoms with van der Waals surface area (Å²) in [6.45, 7) is 0.586. The number of nitrogen functional groups attached to an aromatic ring is 1. The molecule has 0 atom stereocenters. The number of thiophene rings is 1. The minimum Gasteiger partial charge on any atom is -0.378 e. The first-order chi connectivity index (χ1) is 8.58. The zero-order chi connectivity index (χ0) is 13.1. The molecule has 2 heterocycles. The molecule has 0 bridgehead atoms. The second-order valence-electron chi connectivity index (χ2n) is 3.40. The number of aromatic nitrogens is 1. The summed E-state index contributed by atoms with van der Waals surface area (Å²) in [5, 5.41) is 15.6. The van der Waals surface area contributed by atoms with Gasteiger partial charge in [-0.1, -0.05) is 0 Å². The summed E-state index contributed by atoms with van der Waals surface area (Å²) in [5.74, 6) is 0.425. The van der Waals surface area contributed by atoms with Gasteiger partial charge in [-0.25, -0.2) is 4.98 Å². The second kappa shape index (κ2) is 5.32. The van der Waals surface area contributed by atoms with Gasteiger partial charge in [-0.15, -0.1) is 11.3 Å². The third-order valence-corrected chi connectivity index (χ3v) is 4.15. The number of nitrogens with two attached hydrogens (primary N) is 1. The van der Waals surface area contributed by atoms with Crippen LogP contribution in [0.4, 0.5) is 17.3 Å². The molecule has 8 heteroatoms. The Kier molecular flexibility index (Phi) is 3.78. The summed E-state index contributed by atoms with van der Waals surface area (Å²) >= 11 is 5.03. The molecule has 6 nitrogen and oxygen atoms in total. The molecule has 3 N–H and O–H groups in total. The van der Waals surface area contributed by atoms with E-state index in [9.17, 15) is 10.1 Å². The number of pyridine rings is 1. The van der Waals surface area contributed by atoms with Gasteiger partial charge in [0, 0.05) is 15.4 Å². The Bertz CT molecular complexity index is 587. The lowest BCUT2D eigenvalue weighted by Crippen LogP contribution is -2.04. The molecule has 2 aromatic rings. The van der Waals surface area contributed by atoms with Crippen molar-refractivity contribution in [2.24, 2.45) is 0 Å². The number of nitrogens with one attached hydrogen (secondary N) is 1. The number of halogens is 1. The molecule has 0 saturated heterocycles. The molecule has 0 unspecified atom stereocenters. The van der Waals surface area contributed by atoms with Gasteiger partial charge < -0.3 is 11.1 Å². The lowest BCUT2D eigenvalue weighted by atomic mass is 10.3. The van der Waals surface area contributed by atoms with Crippen LogP contribution in [0.1, 0.15) is 4.88 Å². The molecule has 0 aromatic carbocycles. The van der Waals surface area contributed by atoms with E-state index in [1.54, 1.807) is 11.3 Å². The number of hydrogen-bond donors (Lipinski definition) is 2. The molecule has 0 spiro atoms. The quantitative estimate of drug-likeness (QED) is 0.664. The fourth-order valence-electron chi connectivity index (χ4n) is 1.34. The van der Waals surface area contributed by atoms with E-state index in [2.05, 4.69) is 26.2 Å². The van der Waals surface area contributed by atoms with Gasteiger partial charge in [-0.3, -0.25) is 10.1 Å². The van der Waals surface area contributed by atoms with E-state index in [1.807, 2.05) is 11.4 Å². The Hall–Kier alpha value is -1.67. The highest BCUT2D eigenvalue weighted by atomic mass is 79.9. The Labute approximate surface area is 115 Å². The number of hydrogen-bond acceptors (Lipinski definition) is 6. The number of nitro groups is 1. The van der Waals surface area contributed by atoms with E-state index in [4.69, 9.17) is 5.73 Å². The minimum atomic E-state index is -0.554. The molecule has 0 saturated carbocycles. The normalized spacial score (nSPS) is 10.3. The van der Waals surface area contributed by atoms with Gasteiger partial charge in [0.25, 0.3) is 0 Å². The van der Waals surface area contributed by atoms with Crippen molar-refractivity contribution >= 4 is 44.6 Å². The Morgan fingerprint density at radius 3 is 2.83 bits per heavy atom. The number of anilines is 2. The molecular formula is C10H9BrN4O2S. The predicted molar refractivity (Wildman–Crippen MR) is 74.6 cm³/mol. The third kappa shape index (κ3) is 2.77. The summed E-state index contributed by atoms with van der Waals surface area (Å²) in [7, 11) is 0. The molecular weight excluding hydrogens is 320 g/mol. The highest BCUT2D eigenvalue weighted by molar-refractivity contribution is 9.10. The van der Waals surface area contributed by atoms with Crippen molar-refractivity contribution in [3.8, 4) is 0 Å². The van der Waals surface area contributed by atoms with Crippen LogP contribution in [0.5, 0.6) is 0 Å². The first-order valence-electron chi connectivity index (χ1n) is 4.94. The number of rotatable bonds is 4. The summed E-state index contributed by atoms with van der Waals surface area (Å²) in [4.78, 5) is 15.1. The summed E-state index contributed by atoms with van der Waals surface area (Å²) in [6.07, 6.45) is 0. The van der Waals surface area contributed by atoms with Crippen molar-refractivity contribution in [3.63, 3.8) is 0 Å². The highest BCUT2D eigenvalue weighted by Crippen LogP contribution is 2.25. The van der Waals surface area contributed by atoms with Crippen LogP contribution in [0.3, 0.4) is 0 Å². The maximum Gasteiger partial charge on any atom is 0.311 e.